The molecular formula is C19H22N2O4S. The molecule has 0 saturated heterocycles. The summed E-state index contributed by atoms with van der Waals surface area (Å²) in [4.78, 5) is 17.2. The van der Waals surface area contributed by atoms with Crippen LogP contribution in [0.5, 0.6) is 0 Å². The number of aryl methyl sites for hydroxylation is 1. The van der Waals surface area contributed by atoms with E-state index in [4.69, 9.17) is 4.42 Å². The third-order valence-electron chi connectivity index (χ3n) is 4.87. The second kappa shape index (κ2) is 6.16. The Balaban J connectivity index is 1.65. The minimum atomic E-state index is -3.20. The second-order valence-corrected chi connectivity index (χ2v) is 9.30. The summed E-state index contributed by atoms with van der Waals surface area (Å²) < 4.78 is 28.4. The lowest BCUT2D eigenvalue weighted by Gasteiger charge is -2.38. The number of hydrogen-bond donors (Lipinski definition) is 0. The number of hydrogen-bond acceptors (Lipinski definition) is 5. The zero-order valence-electron chi connectivity index (χ0n) is 14.9. The number of fused-ring (bicyclic) bond motifs is 1. The number of amides is 1. The first kappa shape index (κ1) is 17.1. The normalized spacial score (nSPS) is 17.3. The Labute approximate surface area is 153 Å². The fourth-order valence-electron chi connectivity index (χ4n) is 3.60. The predicted molar refractivity (Wildman–Crippen MR) is 100 cm³/mol. The lowest BCUT2D eigenvalue weighted by atomic mass is 10.1. The summed E-state index contributed by atoms with van der Waals surface area (Å²) in [5.74, 6) is 0.0331. The Morgan fingerprint density at radius 3 is 2.65 bits per heavy atom. The molecule has 6 nitrogen and oxygen atoms in total. The van der Waals surface area contributed by atoms with Crippen molar-refractivity contribution < 1.29 is 17.6 Å². The van der Waals surface area contributed by atoms with Crippen molar-refractivity contribution in [2.45, 2.75) is 31.6 Å². The quantitative estimate of drug-likeness (QED) is 0.823. The molecule has 7 heteroatoms. The van der Waals surface area contributed by atoms with E-state index in [1.807, 2.05) is 12.1 Å². The van der Waals surface area contributed by atoms with Gasteiger partial charge in [-0.2, -0.15) is 0 Å². The molecule has 1 aliphatic heterocycles. The van der Waals surface area contributed by atoms with Crippen molar-refractivity contribution in [3.8, 4) is 0 Å². The third-order valence-corrected chi connectivity index (χ3v) is 5.68. The molecule has 0 radical (unpaired) electrons. The Morgan fingerprint density at radius 2 is 1.96 bits per heavy atom. The van der Waals surface area contributed by atoms with Gasteiger partial charge in [-0.1, -0.05) is 12.1 Å². The summed E-state index contributed by atoms with van der Waals surface area (Å²) >= 11 is 0. The lowest BCUT2D eigenvalue weighted by molar-refractivity contribution is 0.0958. The van der Waals surface area contributed by atoms with E-state index in [2.05, 4.69) is 17.9 Å². The zero-order chi connectivity index (χ0) is 18.5. The molecule has 1 saturated carbocycles. The molecule has 1 aromatic carbocycles. The highest BCUT2D eigenvalue weighted by Crippen LogP contribution is 2.42. The molecule has 0 atom stereocenters. The van der Waals surface area contributed by atoms with E-state index in [0.717, 1.165) is 29.7 Å². The van der Waals surface area contributed by atoms with Crippen molar-refractivity contribution in [1.29, 1.82) is 0 Å². The molecule has 1 aromatic heterocycles. The first-order valence-corrected chi connectivity index (χ1v) is 10.8. The van der Waals surface area contributed by atoms with Crippen molar-refractivity contribution in [2.24, 2.45) is 0 Å². The minimum absolute atomic E-state index is 0.177. The molecule has 0 spiro atoms. The van der Waals surface area contributed by atoms with Gasteiger partial charge in [0.15, 0.2) is 15.6 Å². The van der Waals surface area contributed by atoms with Crippen LogP contribution in [-0.4, -0.2) is 39.7 Å². The van der Waals surface area contributed by atoms with Crippen molar-refractivity contribution >= 4 is 27.1 Å². The average molecular weight is 374 g/mol. The number of benzene rings is 1. The molecule has 2 aromatic rings. The summed E-state index contributed by atoms with van der Waals surface area (Å²) in [6.45, 7) is 3.46. The maximum absolute atomic E-state index is 13.0. The number of carbonyl (C=O) groups is 1. The summed E-state index contributed by atoms with van der Waals surface area (Å²) in [7, 11) is -3.20. The summed E-state index contributed by atoms with van der Waals surface area (Å²) in [5.41, 5.74) is 3.18. The molecule has 138 valence electrons. The zero-order valence-corrected chi connectivity index (χ0v) is 15.8. The number of anilines is 2. The molecule has 1 aliphatic carbocycles. The monoisotopic (exact) mass is 374 g/mol. The minimum Gasteiger partial charge on any atom is -0.455 e. The standard InChI is InChI=1S/C19H22N2O4S/c1-13-4-3-5-16-18(13)20(14-6-7-14)10-11-21(16)19(22)17-9-8-15(25-17)12-26(2,23)24/h3-5,8-9,14H,6-7,10-12H2,1-2H3. The number of carbonyl (C=O) groups excluding carboxylic acids is 1. The molecule has 4 rings (SSSR count). The highest BCUT2D eigenvalue weighted by atomic mass is 32.2. The van der Waals surface area contributed by atoms with E-state index in [1.54, 1.807) is 17.0 Å². The summed E-state index contributed by atoms with van der Waals surface area (Å²) in [5, 5.41) is 0. The van der Waals surface area contributed by atoms with E-state index in [0.29, 0.717) is 12.6 Å². The van der Waals surface area contributed by atoms with Gasteiger partial charge in [-0.25, -0.2) is 8.42 Å². The van der Waals surface area contributed by atoms with Crippen LogP contribution in [0.25, 0.3) is 0 Å². The molecule has 2 heterocycles. The summed E-state index contributed by atoms with van der Waals surface area (Å²) in [6.07, 6.45) is 3.55. The Kier molecular flexibility index (Phi) is 4.06. The van der Waals surface area contributed by atoms with Crippen LogP contribution in [0.15, 0.2) is 34.7 Å². The Morgan fingerprint density at radius 1 is 1.19 bits per heavy atom. The first-order valence-electron chi connectivity index (χ1n) is 8.78. The van der Waals surface area contributed by atoms with E-state index in [1.165, 1.54) is 12.8 Å². The van der Waals surface area contributed by atoms with Crippen LogP contribution in [0.4, 0.5) is 11.4 Å². The van der Waals surface area contributed by atoms with Crippen molar-refractivity contribution in [3.63, 3.8) is 0 Å². The van der Waals surface area contributed by atoms with Crippen LogP contribution in [0, 0.1) is 6.92 Å². The molecule has 26 heavy (non-hydrogen) atoms. The van der Waals surface area contributed by atoms with Crippen LogP contribution in [-0.2, 0) is 15.6 Å². The van der Waals surface area contributed by atoms with Gasteiger partial charge in [-0.15, -0.1) is 0 Å². The maximum atomic E-state index is 13.0. The molecule has 1 amide bonds. The van der Waals surface area contributed by atoms with Crippen molar-refractivity contribution in [3.05, 3.63) is 47.4 Å². The van der Waals surface area contributed by atoms with Crippen LogP contribution >= 0.6 is 0 Å². The SMILES string of the molecule is Cc1cccc2c1N(C1CC1)CCN2C(=O)c1ccc(CS(C)(=O)=O)o1. The van der Waals surface area contributed by atoms with Gasteiger partial charge < -0.3 is 14.2 Å². The molecular weight excluding hydrogens is 352 g/mol. The fraction of sp³-hybridized carbons (Fsp3) is 0.421. The third kappa shape index (κ3) is 3.23. The van der Waals surface area contributed by atoms with E-state index in [9.17, 15) is 13.2 Å². The number of nitrogens with zero attached hydrogens (tertiary/aromatic N) is 2. The van der Waals surface area contributed by atoms with Gasteiger partial charge in [0.05, 0.1) is 11.4 Å². The second-order valence-electron chi connectivity index (χ2n) is 7.16. The van der Waals surface area contributed by atoms with Gasteiger partial charge in [0, 0.05) is 25.4 Å². The van der Waals surface area contributed by atoms with Crippen LogP contribution < -0.4 is 9.80 Å². The molecule has 0 N–H and O–H groups in total. The molecule has 2 aliphatic rings. The maximum Gasteiger partial charge on any atom is 0.294 e. The van der Waals surface area contributed by atoms with Gasteiger partial charge in [0.1, 0.15) is 11.5 Å². The average Bonchev–Trinajstić information content (AvgIpc) is 3.32. The Hall–Kier alpha value is -2.28. The highest BCUT2D eigenvalue weighted by molar-refractivity contribution is 7.89. The van der Waals surface area contributed by atoms with Crippen LogP contribution in [0.1, 0.15) is 34.7 Å². The predicted octanol–water partition coefficient (Wildman–Crippen LogP) is 2.76. The van der Waals surface area contributed by atoms with E-state index < -0.39 is 9.84 Å². The summed E-state index contributed by atoms with van der Waals surface area (Å²) in [6, 6.07) is 9.70. The highest BCUT2D eigenvalue weighted by Gasteiger charge is 2.37. The molecule has 1 fully saturated rings. The van der Waals surface area contributed by atoms with Crippen molar-refractivity contribution in [1.82, 2.24) is 0 Å². The van der Waals surface area contributed by atoms with Crippen molar-refractivity contribution in [2.75, 3.05) is 29.1 Å². The largest absolute Gasteiger partial charge is 0.455 e. The molecule has 0 unspecified atom stereocenters. The first-order chi connectivity index (χ1) is 12.3. The van der Waals surface area contributed by atoms with Gasteiger partial charge in [0.2, 0.25) is 0 Å². The topological polar surface area (TPSA) is 70.8 Å². The van der Waals surface area contributed by atoms with Crippen LogP contribution in [0.2, 0.25) is 0 Å². The number of furan rings is 1. The van der Waals surface area contributed by atoms with Gasteiger partial charge in [-0.3, -0.25) is 4.79 Å². The lowest BCUT2D eigenvalue weighted by Crippen LogP contribution is -2.45. The Bertz CT molecular complexity index is 960. The fourth-order valence-corrected chi connectivity index (χ4v) is 4.27. The number of sulfone groups is 1. The number of para-hydroxylation sites is 1. The smallest absolute Gasteiger partial charge is 0.294 e. The van der Waals surface area contributed by atoms with Crippen LogP contribution in [0.3, 0.4) is 0 Å². The van der Waals surface area contributed by atoms with Gasteiger partial charge in [-0.05, 0) is 43.5 Å². The van der Waals surface area contributed by atoms with E-state index >= 15 is 0 Å². The molecule has 0 bridgehead atoms. The van der Waals surface area contributed by atoms with Gasteiger partial charge in [0.25, 0.3) is 5.91 Å². The van der Waals surface area contributed by atoms with E-state index in [-0.39, 0.29) is 23.2 Å². The number of rotatable bonds is 4. The van der Waals surface area contributed by atoms with Gasteiger partial charge >= 0.3 is 0 Å².